The van der Waals surface area contributed by atoms with E-state index < -0.39 is 6.09 Å². The van der Waals surface area contributed by atoms with Gasteiger partial charge in [-0.2, -0.15) is 12.6 Å². The second-order valence-electron chi connectivity index (χ2n) is 5.28. The maximum atomic E-state index is 12.2. The summed E-state index contributed by atoms with van der Waals surface area (Å²) in [5.74, 6) is 0.551. The van der Waals surface area contributed by atoms with Gasteiger partial charge >= 0.3 is 12.1 Å². The summed E-state index contributed by atoms with van der Waals surface area (Å²) in [7, 11) is 0. The summed E-state index contributed by atoms with van der Waals surface area (Å²) >= 11 is 4.31. The van der Waals surface area contributed by atoms with Crippen molar-refractivity contribution < 1.29 is 14.7 Å². The average Bonchev–Trinajstić information content (AvgIpc) is 2.55. The molecule has 1 unspecified atom stereocenters. The molecular formula is C15H21N3O3S. The van der Waals surface area contributed by atoms with Crippen molar-refractivity contribution in [3.05, 3.63) is 35.9 Å². The van der Waals surface area contributed by atoms with E-state index in [1.807, 2.05) is 30.3 Å². The van der Waals surface area contributed by atoms with Gasteiger partial charge < -0.3 is 20.2 Å². The number of hydrogen-bond acceptors (Lipinski definition) is 3. The van der Waals surface area contributed by atoms with Crippen LogP contribution in [0.15, 0.2) is 30.3 Å². The average molecular weight is 323 g/mol. The third-order valence-electron chi connectivity index (χ3n) is 3.71. The van der Waals surface area contributed by atoms with Crippen molar-refractivity contribution in [3.63, 3.8) is 0 Å². The van der Waals surface area contributed by atoms with Crippen molar-refractivity contribution in [1.29, 1.82) is 0 Å². The first-order chi connectivity index (χ1) is 10.6. The van der Waals surface area contributed by atoms with Gasteiger partial charge in [0.2, 0.25) is 0 Å². The Morgan fingerprint density at radius 1 is 1.14 bits per heavy atom. The Morgan fingerprint density at radius 3 is 2.27 bits per heavy atom. The number of carboxylic acid groups (broad SMARTS) is 1. The summed E-state index contributed by atoms with van der Waals surface area (Å²) in [5, 5.41) is 11.9. The number of carbonyl (C=O) groups excluding carboxylic acids is 1. The lowest BCUT2D eigenvalue weighted by Gasteiger charge is -2.34. The Labute approximate surface area is 135 Å². The molecule has 2 rings (SSSR count). The molecule has 1 heterocycles. The fourth-order valence-electron chi connectivity index (χ4n) is 2.43. The number of hydrogen-bond donors (Lipinski definition) is 3. The molecule has 6 nitrogen and oxygen atoms in total. The van der Waals surface area contributed by atoms with Gasteiger partial charge in [0.25, 0.3) is 0 Å². The molecule has 3 amide bonds. The van der Waals surface area contributed by atoms with Crippen LogP contribution in [0.3, 0.4) is 0 Å². The molecule has 0 radical (unpaired) electrons. The molecule has 0 saturated carbocycles. The number of thiol groups is 1. The van der Waals surface area contributed by atoms with Crippen molar-refractivity contribution in [1.82, 2.24) is 15.1 Å². The molecule has 1 aromatic carbocycles. The van der Waals surface area contributed by atoms with E-state index in [0.29, 0.717) is 31.9 Å². The normalized spacial score (nSPS) is 16.2. The first-order valence-corrected chi connectivity index (χ1v) is 7.91. The summed E-state index contributed by atoms with van der Waals surface area (Å²) in [6, 6.07) is 9.74. The van der Waals surface area contributed by atoms with E-state index >= 15 is 0 Å². The summed E-state index contributed by atoms with van der Waals surface area (Å²) in [6.45, 7) is 1.55. The fourth-order valence-corrected chi connectivity index (χ4v) is 2.65. The minimum atomic E-state index is -0.933. The smallest absolute Gasteiger partial charge is 0.407 e. The van der Waals surface area contributed by atoms with Crippen LogP contribution >= 0.6 is 12.6 Å². The maximum Gasteiger partial charge on any atom is 0.407 e. The van der Waals surface area contributed by atoms with Crippen molar-refractivity contribution in [3.8, 4) is 0 Å². The largest absolute Gasteiger partial charge is 0.465 e. The summed E-state index contributed by atoms with van der Waals surface area (Å²) in [5.41, 5.74) is 1.15. The van der Waals surface area contributed by atoms with E-state index in [4.69, 9.17) is 5.11 Å². The molecular weight excluding hydrogens is 302 g/mol. The topological polar surface area (TPSA) is 72.9 Å². The van der Waals surface area contributed by atoms with E-state index in [9.17, 15) is 9.59 Å². The van der Waals surface area contributed by atoms with Crippen LogP contribution in [0.5, 0.6) is 0 Å². The highest BCUT2D eigenvalue weighted by Gasteiger charge is 2.24. The minimum Gasteiger partial charge on any atom is -0.465 e. The molecule has 1 aliphatic heterocycles. The molecule has 22 heavy (non-hydrogen) atoms. The van der Waals surface area contributed by atoms with Crippen molar-refractivity contribution in [2.45, 2.75) is 12.5 Å². The number of urea groups is 1. The van der Waals surface area contributed by atoms with Crippen LogP contribution in [0, 0.1) is 0 Å². The standard InChI is InChI=1S/C15H21N3O3S/c19-14(17-6-8-18(9-7-17)15(20)21)16-13(11-22)10-12-4-2-1-3-5-12/h1-5,13,22H,6-11H2,(H,16,19)(H,20,21). The van der Waals surface area contributed by atoms with E-state index in [2.05, 4.69) is 17.9 Å². The number of benzene rings is 1. The first-order valence-electron chi connectivity index (χ1n) is 7.28. The zero-order valence-corrected chi connectivity index (χ0v) is 13.2. The number of rotatable bonds is 4. The lowest BCUT2D eigenvalue weighted by Crippen LogP contribution is -2.54. The Kier molecular flexibility index (Phi) is 5.94. The summed E-state index contributed by atoms with van der Waals surface area (Å²) < 4.78 is 0. The second kappa shape index (κ2) is 7.93. The maximum absolute atomic E-state index is 12.2. The molecule has 1 atom stereocenters. The van der Waals surface area contributed by atoms with Gasteiger partial charge in [0.1, 0.15) is 0 Å². The third-order valence-corrected chi connectivity index (χ3v) is 4.15. The molecule has 1 saturated heterocycles. The van der Waals surface area contributed by atoms with E-state index in [0.717, 1.165) is 12.0 Å². The van der Waals surface area contributed by atoms with E-state index in [1.54, 1.807) is 4.90 Å². The quantitative estimate of drug-likeness (QED) is 0.736. The van der Waals surface area contributed by atoms with Gasteiger partial charge in [-0.25, -0.2) is 9.59 Å². The van der Waals surface area contributed by atoms with Crippen LogP contribution < -0.4 is 5.32 Å². The molecule has 1 fully saturated rings. The van der Waals surface area contributed by atoms with Crippen molar-refractivity contribution >= 4 is 24.8 Å². The van der Waals surface area contributed by atoms with Crippen molar-refractivity contribution in [2.75, 3.05) is 31.9 Å². The number of carbonyl (C=O) groups is 2. The molecule has 1 aliphatic rings. The molecule has 1 aromatic rings. The summed E-state index contributed by atoms with van der Waals surface area (Å²) in [6.07, 6.45) is -0.206. The van der Waals surface area contributed by atoms with Crippen molar-refractivity contribution in [2.24, 2.45) is 0 Å². The number of piperazine rings is 1. The number of nitrogens with one attached hydrogen (secondary N) is 1. The van der Waals surface area contributed by atoms with Gasteiger partial charge in [-0.05, 0) is 12.0 Å². The SMILES string of the molecule is O=C(O)N1CCN(C(=O)NC(CS)Cc2ccccc2)CC1. The Morgan fingerprint density at radius 2 is 1.73 bits per heavy atom. The predicted octanol–water partition coefficient (Wildman–Crippen LogP) is 1.53. The Hall–Kier alpha value is -1.89. The lowest BCUT2D eigenvalue weighted by molar-refractivity contribution is 0.111. The number of nitrogens with zero attached hydrogens (tertiary/aromatic N) is 2. The highest BCUT2D eigenvalue weighted by molar-refractivity contribution is 7.80. The van der Waals surface area contributed by atoms with Gasteiger partial charge in [0.05, 0.1) is 0 Å². The molecule has 2 N–H and O–H groups in total. The second-order valence-corrected chi connectivity index (χ2v) is 5.64. The minimum absolute atomic E-state index is 0.0456. The van der Waals surface area contributed by atoms with Gasteiger partial charge in [0.15, 0.2) is 0 Å². The fraction of sp³-hybridized carbons (Fsp3) is 0.467. The van der Waals surface area contributed by atoms with Crippen LogP contribution in [0.25, 0.3) is 0 Å². The van der Waals surface area contributed by atoms with E-state index in [-0.39, 0.29) is 12.1 Å². The summed E-state index contributed by atoms with van der Waals surface area (Å²) in [4.78, 5) is 26.1. The highest BCUT2D eigenvalue weighted by Crippen LogP contribution is 2.07. The number of amides is 3. The lowest BCUT2D eigenvalue weighted by atomic mass is 10.1. The first kappa shape index (κ1) is 16.5. The Bertz CT molecular complexity index is 504. The van der Waals surface area contributed by atoms with Gasteiger partial charge in [0, 0.05) is 38.0 Å². The van der Waals surface area contributed by atoms with Gasteiger partial charge in [-0.1, -0.05) is 30.3 Å². The predicted molar refractivity (Wildman–Crippen MR) is 87.5 cm³/mol. The monoisotopic (exact) mass is 323 g/mol. The molecule has 7 heteroatoms. The molecule has 0 bridgehead atoms. The molecule has 0 aliphatic carbocycles. The van der Waals surface area contributed by atoms with Crippen LogP contribution in [0.1, 0.15) is 5.56 Å². The third kappa shape index (κ3) is 4.56. The Balaban J connectivity index is 1.83. The van der Waals surface area contributed by atoms with Crippen LogP contribution in [0.2, 0.25) is 0 Å². The molecule has 0 aromatic heterocycles. The highest BCUT2D eigenvalue weighted by atomic mass is 32.1. The molecule has 0 spiro atoms. The van der Waals surface area contributed by atoms with E-state index in [1.165, 1.54) is 4.90 Å². The zero-order chi connectivity index (χ0) is 15.9. The van der Waals surface area contributed by atoms with Crippen LogP contribution in [-0.4, -0.2) is 65.0 Å². The molecule has 120 valence electrons. The van der Waals surface area contributed by atoms with Crippen LogP contribution in [0.4, 0.5) is 9.59 Å². The van der Waals surface area contributed by atoms with Gasteiger partial charge in [-0.3, -0.25) is 0 Å². The van der Waals surface area contributed by atoms with Gasteiger partial charge in [-0.15, -0.1) is 0 Å². The zero-order valence-electron chi connectivity index (χ0n) is 12.3. The van der Waals surface area contributed by atoms with Crippen LogP contribution in [-0.2, 0) is 6.42 Å².